The van der Waals surface area contributed by atoms with Crippen LogP contribution >= 0.6 is 0 Å². The number of hydrogen-bond acceptors (Lipinski definition) is 5. The minimum atomic E-state index is -3.70. The molecule has 0 aliphatic carbocycles. The van der Waals surface area contributed by atoms with Crippen LogP contribution in [0.3, 0.4) is 0 Å². The SMILES string of the molecule is C=CN1CN(S(=O)(=O)C=C)CN(S(=O)(=O)C=C)C1. The summed E-state index contributed by atoms with van der Waals surface area (Å²) in [4.78, 5) is 1.45. The molecule has 0 N–H and O–H groups in total. The monoisotopic (exact) mass is 293 g/mol. The van der Waals surface area contributed by atoms with Crippen LogP contribution in [0.25, 0.3) is 0 Å². The highest BCUT2D eigenvalue weighted by Crippen LogP contribution is 2.16. The summed E-state index contributed by atoms with van der Waals surface area (Å²) in [7, 11) is -7.40. The molecule has 1 aliphatic heterocycles. The molecule has 1 fully saturated rings. The van der Waals surface area contributed by atoms with Gasteiger partial charge in [0.1, 0.15) is 0 Å². The first-order valence-corrected chi connectivity index (χ1v) is 7.89. The molecule has 7 nitrogen and oxygen atoms in total. The van der Waals surface area contributed by atoms with E-state index in [1.165, 1.54) is 11.1 Å². The highest BCUT2D eigenvalue weighted by atomic mass is 32.2. The van der Waals surface area contributed by atoms with E-state index in [1.54, 1.807) is 0 Å². The Morgan fingerprint density at radius 3 is 1.44 bits per heavy atom. The van der Waals surface area contributed by atoms with Gasteiger partial charge in [-0.1, -0.05) is 19.7 Å². The van der Waals surface area contributed by atoms with Crippen LogP contribution in [0, 0.1) is 0 Å². The zero-order chi connectivity index (χ0) is 14.0. The minimum absolute atomic E-state index is 0.0288. The fraction of sp³-hybridized carbons (Fsp3) is 0.333. The van der Waals surface area contributed by atoms with E-state index in [0.29, 0.717) is 0 Å². The predicted octanol–water partition coefficient (Wildman–Crippen LogP) is -0.131. The summed E-state index contributed by atoms with van der Waals surface area (Å²) in [5.41, 5.74) is 0. The molecule has 0 saturated carbocycles. The second-order valence-corrected chi connectivity index (χ2v) is 7.28. The van der Waals surface area contributed by atoms with Crippen LogP contribution in [-0.4, -0.2) is 50.4 Å². The molecule has 0 aromatic carbocycles. The van der Waals surface area contributed by atoms with E-state index in [2.05, 4.69) is 19.7 Å². The van der Waals surface area contributed by atoms with Crippen LogP contribution in [0.2, 0.25) is 0 Å². The van der Waals surface area contributed by atoms with E-state index in [9.17, 15) is 16.8 Å². The van der Waals surface area contributed by atoms with Gasteiger partial charge < -0.3 is 4.90 Å². The maximum absolute atomic E-state index is 11.7. The molecule has 0 aromatic rings. The molecule has 102 valence electrons. The van der Waals surface area contributed by atoms with Crippen LogP contribution in [0.15, 0.2) is 36.8 Å². The van der Waals surface area contributed by atoms with Crippen molar-refractivity contribution in [3.05, 3.63) is 36.8 Å². The lowest BCUT2D eigenvalue weighted by Gasteiger charge is -2.39. The maximum Gasteiger partial charge on any atom is 0.238 e. The molecule has 9 heteroatoms. The van der Waals surface area contributed by atoms with Gasteiger partial charge in [-0.25, -0.2) is 16.8 Å². The molecule has 1 heterocycles. The summed E-state index contributed by atoms with van der Waals surface area (Å²) in [5.74, 6) is 0. The largest absolute Gasteiger partial charge is 0.350 e. The Morgan fingerprint density at radius 1 is 0.778 bits per heavy atom. The summed E-state index contributed by atoms with van der Waals surface area (Å²) in [6.07, 6.45) is 1.37. The summed E-state index contributed by atoms with van der Waals surface area (Å²) in [5, 5.41) is 1.55. The van der Waals surface area contributed by atoms with Crippen molar-refractivity contribution >= 4 is 20.0 Å². The molecule has 0 unspecified atom stereocenters. The van der Waals surface area contributed by atoms with Gasteiger partial charge in [0.15, 0.2) is 0 Å². The third kappa shape index (κ3) is 2.99. The molecule has 1 aliphatic rings. The van der Waals surface area contributed by atoms with E-state index in [-0.39, 0.29) is 20.0 Å². The second-order valence-electron chi connectivity index (χ2n) is 3.52. The third-order valence-corrected chi connectivity index (χ3v) is 5.14. The first kappa shape index (κ1) is 14.9. The molecular weight excluding hydrogens is 278 g/mol. The smallest absolute Gasteiger partial charge is 0.238 e. The molecule has 0 bridgehead atoms. The summed E-state index contributed by atoms with van der Waals surface area (Å²) in [6.45, 7) is 9.69. The van der Waals surface area contributed by atoms with Crippen molar-refractivity contribution < 1.29 is 16.8 Å². The normalized spacial score (nSPS) is 19.4. The van der Waals surface area contributed by atoms with Gasteiger partial charge in [0.2, 0.25) is 20.0 Å². The van der Waals surface area contributed by atoms with Crippen LogP contribution in [0.1, 0.15) is 0 Å². The highest BCUT2D eigenvalue weighted by molar-refractivity contribution is 7.92. The number of hydrogen-bond donors (Lipinski definition) is 0. The van der Waals surface area contributed by atoms with Gasteiger partial charge >= 0.3 is 0 Å². The van der Waals surface area contributed by atoms with Crippen molar-refractivity contribution in [2.45, 2.75) is 0 Å². The third-order valence-electron chi connectivity index (χ3n) is 2.39. The number of sulfonamides is 2. The molecule has 0 atom stereocenters. The Morgan fingerprint density at radius 2 is 1.17 bits per heavy atom. The zero-order valence-corrected chi connectivity index (χ0v) is 11.4. The lowest BCUT2D eigenvalue weighted by molar-refractivity contribution is 0.104. The average molecular weight is 293 g/mol. The van der Waals surface area contributed by atoms with Gasteiger partial charge in [-0.3, -0.25) is 0 Å². The van der Waals surface area contributed by atoms with Crippen LogP contribution in [-0.2, 0) is 20.0 Å². The van der Waals surface area contributed by atoms with Gasteiger partial charge in [-0.05, 0) is 6.20 Å². The lowest BCUT2D eigenvalue weighted by Crippen LogP contribution is -2.55. The molecule has 0 amide bonds. The Bertz CT molecular complexity index is 506. The topological polar surface area (TPSA) is 78.0 Å². The fourth-order valence-corrected chi connectivity index (χ4v) is 3.08. The zero-order valence-electron chi connectivity index (χ0n) is 9.77. The number of nitrogens with zero attached hydrogens (tertiary/aromatic N) is 3. The standard InChI is InChI=1S/C9H15N3O4S2/c1-4-10-7-11(17(13,14)5-2)9-12(8-10)18(15,16)6-3/h4-6H,1-3,7-9H2. The molecule has 1 rings (SSSR count). The Kier molecular flexibility index (Phi) is 4.32. The predicted molar refractivity (Wildman–Crippen MR) is 68.5 cm³/mol. The quantitative estimate of drug-likeness (QED) is 0.705. The maximum atomic E-state index is 11.7. The van der Waals surface area contributed by atoms with Gasteiger partial charge in [-0.15, -0.1) is 0 Å². The Balaban J connectivity index is 3.09. The summed E-state index contributed by atoms with van der Waals surface area (Å²) >= 11 is 0. The van der Waals surface area contributed by atoms with Crippen LogP contribution in [0.4, 0.5) is 0 Å². The molecule has 0 spiro atoms. The molecular formula is C9H15N3O4S2. The minimum Gasteiger partial charge on any atom is -0.350 e. The second kappa shape index (κ2) is 5.22. The lowest BCUT2D eigenvalue weighted by atomic mass is 10.6. The molecule has 0 radical (unpaired) electrons. The Hall–Kier alpha value is -1.16. The van der Waals surface area contributed by atoms with Crippen LogP contribution in [0.5, 0.6) is 0 Å². The van der Waals surface area contributed by atoms with Crippen LogP contribution < -0.4 is 0 Å². The van der Waals surface area contributed by atoms with E-state index in [1.807, 2.05) is 0 Å². The molecule has 0 aromatic heterocycles. The highest BCUT2D eigenvalue weighted by Gasteiger charge is 2.33. The van der Waals surface area contributed by atoms with Gasteiger partial charge in [0.25, 0.3) is 0 Å². The van der Waals surface area contributed by atoms with Crippen molar-refractivity contribution in [2.24, 2.45) is 0 Å². The molecule has 1 saturated heterocycles. The first-order valence-electron chi connectivity index (χ1n) is 4.88. The van der Waals surface area contributed by atoms with Gasteiger partial charge in [-0.2, -0.15) is 8.61 Å². The number of rotatable bonds is 5. The van der Waals surface area contributed by atoms with E-state index in [0.717, 1.165) is 19.4 Å². The first-order chi connectivity index (χ1) is 8.26. The molecule has 18 heavy (non-hydrogen) atoms. The van der Waals surface area contributed by atoms with E-state index >= 15 is 0 Å². The van der Waals surface area contributed by atoms with Gasteiger partial charge in [0, 0.05) is 10.8 Å². The summed E-state index contributed by atoms with van der Waals surface area (Å²) in [6, 6.07) is 0. The van der Waals surface area contributed by atoms with Crippen molar-refractivity contribution in [2.75, 3.05) is 20.0 Å². The van der Waals surface area contributed by atoms with E-state index < -0.39 is 20.0 Å². The summed E-state index contributed by atoms with van der Waals surface area (Å²) < 4.78 is 48.7. The van der Waals surface area contributed by atoms with Gasteiger partial charge in [0.05, 0.1) is 20.0 Å². The van der Waals surface area contributed by atoms with Crippen molar-refractivity contribution in [1.82, 2.24) is 13.5 Å². The fourth-order valence-electron chi connectivity index (χ4n) is 1.36. The van der Waals surface area contributed by atoms with Crippen molar-refractivity contribution in [3.8, 4) is 0 Å². The van der Waals surface area contributed by atoms with Crippen molar-refractivity contribution in [3.63, 3.8) is 0 Å². The Labute approximate surface area is 107 Å². The van der Waals surface area contributed by atoms with E-state index in [4.69, 9.17) is 0 Å². The average Bonchev–Trinajstić information content (AvgIpc) is 2.38. The van der Waals surface area contributed by atoms with Crippen molar-refractivity contribution in [1.29, 1.82) is 0 Å².